The Morgan fingerprint density at radius 1 is 1.00 bits per heavy atom. The summed E-state index contributed by atoms with van der Waals surface area (Å²) in [7, 11) is 0. The highest BCUT2D eigenvalue weighted by molar-refractivity contribution is 5.84. The molecule has 4 heteroatoms. The van der Waals surface area contributed by atoms with Gasteiger partial charge in [-0.15, -0.1) is 0 Å². The Morgan fingerprint density at radius 3 is 2.29 bits per heavy atom. The Bertz CT molecular complexity index is 671. The molecule has 4 fully saturated rings. The first-order chi connectivity index (χ1) is 11.6. The second kappa shape index (κ2) is 5.08. The number of benzene rings is 1. The van der Waals surface area contributed by atoms with Crippen LogP contribution >= 0.6 is 0 Å². The van der Waals surface area contributed by atoms with Gasteiger partial charge in [0.2, 0.25) is 5.91 Å². The first-order valence-electron chi connectivity index (χ1n) is 9.21. The molecule has 126 valence electrons. The number of hydrogen-bond donors (Lipinski definition) is 1. The third kappa shape index (κ3) is 1.98. The fraction of sp³-hybridized carbons (Fsp3) is 0.600. The lowest BCUT2D eigenvalue weighted by Crippen LogP contribution is -2.32. The van der Waals surface area contributed by atoms with E-state index in [4.69, 9.17) is 0 Å². The fourth-order valence-electron chi connectivity index (χ4n) is 6.14. The molecule has 4 aliphatic rings. The van der Waals surface area contributed by atoms with E-state index in [1.165, 1.54) is 19.3 Å². The van der Waals surface area contributed by atoms with Crippen LogP contribution in [0.25, 0.3) is 0 Å². The largest absolute Gasteiger partial charge is 0.481 e. The fourth-order valence-corrected chi connectivity index (χ4v) is 6.14. The number of nitrogens with zero attached hydrogens (tertiary/aromatic N) is 1. The highest BCUT2D eigenvalue weighted by Gasteiger charge is 2.68. The van der Waals surface area contributed by atoms with Crippen LogP contribution in [0.1, 0.15) is 30.7 Å². The van der Waals surface area contributed by atoms with Crippen molar-refractivity contribution in [3.8, 4) is 0 Å². The summed E-state index contributed by atoms with van der Waals surface area (Å²) in [6.45, 7) is 0.935. The molecule has 5 rings (SSSR count). The first-order valence-corrected chi connectivity index (χ1v) is 9.21. The number of hydrogen-bond acceptors (Lipinski definition) is 2. The molecule has 1 aliphatic heterocycles. The van der Waals surface area contributed by atoms with Crippen molar-refractivity contribution in [2.24, 2.45) is 35.5 Å². The summed E-state index contributed by atoms with van der Waals surface area (Å²) in [6.07, 6.45) is 3.95. The third-order valence-electron chi connectivity index (χ3n) is 7.20. The van der Waals surface area contributed by atoms with Crippen molar-refractivity contribution in [3.05, 3.63) is 35.9 Å². The molecule has 3 aliphatic carbocycles. The Labute approximate surface area is 141 Å². The van der Waals surface area contributed by atoms with Gasteiger partial charge >= 0.3 is 5.97 Å². The number of likely N-dealkylation sites (tertiary alicyclic amines) is 1. The predicted molar refractivity (Wildman–Crippen MR) is 88.2 cm³/mol. The molecule has 6 atom stereocenters. The van der Waals surface area contributed by atoms with Gasteiger partial charge in [-0.3, -0.25) is 9.59 Å². The van der Waals surface area contributed by atoms with Gasteiger partial charge in [-0.1, -0.05) is 30.3 Å². The Hall–Kier alpha value is -1.84. The zero-order valence-corrected chi connectivity index (χ0v) is 13.7. The maximum absolute atomic E-state index is 13.0. The molecule has 4 nitrogen and oxygen atoms in total. The molecule has 1 aromatic carbocycles. The van der Waals surface area contributed by atoms with E-state index in [0.717, 1.165) is 17.4 Å². The lowest BCUT2D eigenvalue weighted by atomic mass is 9.89. The molecular formula is C20H23NO3. The average Bonchev–Trinajstić information content (AvgIpc) is 2.96. The lowest BCUT2D eigenvalue weighted by Gasteiger charge is -2.18. The molecule has 1 amide bonds. The van der Waals surface area contributed by atoms with Gasteiger partial charge in [-0.2, -0.15) is 0 Å². The minimum atomic E-state index is -0.782. The van der Waals surface area contributed by atoms with E-state index in [0.29, 0.717) is 24.9 Å². The summed E-state index contributed by atoms with van der Waals surface area (Å²) >= 11 is 0. The summed E-state index contributed by atoms with van der Waals surface area (Å²) in [5.74, 6) is 1.90. The van der Waals surface area contributed by atoms with Crippen LogP contribution in [0.4, 0.5) is 0 Å². The van der Waals surface area contributed by atoms with E-state index < -0.39 is 11.9 Å². The van der Waals surface area contributed by atoms with Crippen molar-refractivity contribution >= 4 is 11.9 Å². The summed E-state index contributed by atoms with van der Waals surface area (Å²) in [4.78, 5) is 26.6. The van der Waals surface area contributed by atoms with Crippen molar-refractivity contribution < 1.29 is 14.7 Å². The van der Waals surface area contributed by atoms with Crippen LogP contribution < -0.4 is 0 Å². The number of carbonyl (C=O) groups is 2. The molecule has 1 N–H and O–H groups in total. The smallest absolute Gasteiger partial charge is 0.308 e. The predicted octanol–water partition coefficient (Wildman–Crippen LogP) is 2.61. The van der Waals surface area contributed by atoms with Crippen molar-refractivity contribution in [2.75, 3.05) is 13.1 Å². The zero-order valence-electron chi connectivity index (χ0n) is 13.7. The average molecular weight is 325 g/mol. The molecule has 3 saturated carbocycles. The van der Waals surface area contributed by atoms with Gasteiger partial charge in [-0.25, -0.2) is 0 Å². The molecule has 0 aromatic heterocycles. The number of amides is 1. The van der Waals surface area contributed by atoms with E-state index in [1.807, 2.05) is 35.2 Å². The SMILES string of the molecule is O=C(O)[C@@H]1CN(C(=O)C2C3C4CCC(C4)C23)C[C@@H]1c1ccccc1. The van der Waals surface area contributed by atoms with Crippen molar-refractivity contribution in [3.63, 3.8) is 0 Å². The molecule has 1 saturated heterocycles. The van der Waals surface area contributed by atoms with Crippen LogP contribution in [0.5, 0.6) is 0 Å². The monoisotopic (exact) mass is 325 g/mol. The number of fused-ring (bicyclic) bond motifs is 5. The standard InChI is InChI=1S/C20H23NO3/c22-19(18-16-12-6-7-13(8-12)17(16)18)21-9-14(15(10-21)20(23)24)11-4-2-1-3-5-11/h1-5,12-18H,6-10H2,(H,23,24)/t12?,13?,14-,15-,16?,17?,18?/m1/s1. The molecule has 2 bridgehead atoms. The molecule has 4 unspecified atom stereocenters. The molecule has 0 spiro atoms. The molecule has 1 heterocycles. The highest BCUT2D eigenvalue weighted by atomic mass is 16.4. The topological polar surface area (TPSA) is 57.6 Å². The first kappa shape index (κ1) is 14.5. The van der Waals surface area contributed by atoms with Crippen LogP contribution in [0, 0.1) is 35.5 Å². The van der Waals surface area contributed by atoms with Gasteiger partial charge in [0, 0.05) is 24.9 Å². The van der Waals surface area contributed by atoms with Gasteiger partial charge in [0.05, 0.1) is 5.92 Å². The summed E-state index contributed by atoms with van der Waals surface area (Å²) in [5, 5.41) is 9.62. The quantitative estimate of drug-likeness (QED) is 0.929. The van der Waals surface area contributed by atoms with Crippen molar-refractivity contribution in [1.29, 1.82) is 0 Å². The second-order valence-corrected chi connectivity index (χ2v) is 8.22. The maximum atomic E-state index is 13.0. The highest BCUT2D eigenvalue weighted by Crippen LogP contribution is 2.69. The zero-order chi connectivity index (χ0) is 16.4. The van der Waals surface area contributed by atoms with Crippen molar-refractivity contribution in [2.45, 2.75) is 25.2 Å². The van der Waals surface area contributed by atoms with E-state index >= 15 is 0 Å². The van der Waals surface area contributed by atoms with E-state index in [9.17, 15) is 14.7 Å². The van der Waals surface area contributed by atoms with Crippen LogP contribution in [0.2, 0.25) is 0 Å². The number of carboxylic acid groups (broad SMARTS) is 1. The second-order valence-electron chi connectivity index (χ2n) is 8.22. The van der Waals surface area contributed by atoms with Crippen LogP contribution in [-0.2, 0) is 9.59 Å². The Morgan fingerprint density at radius 2 is 1.67 bits per heavy atom. The van der Waals surface area contributed by atoms with Gasteiger partial charge < -0.3 is 10.0 Å². The van der Waals surface area contributed by atoms with Gasteiger partial charge in [0.25, 0.3) is 0 Å². The van der Waals surface area contributed by atoms with E-state index in [1.54, 1.807) is 0 Å². The van der Waals surface area contributed by atoms with E-state index in [2.05, 4.69) is 0 Å². The lowest BCUT2D eigenvalue weighted by molar-refractivity contribution is -0.142. The number of carboxylic acids is 1. The minimum Gasteiger partial charge on any atom is -0.481 e. The van der Waals surface area contributed by atoms with Gasteiger partial charge in [0.1, 0.15) is 0 Å². The van der Waals surface area contributed by atoms with Gasteiger partial charge in [0.15, 0.2) is 0 Å². The third-order valence-corrected chi connectivity index (χ3v) is 7.20. The normalized spacial score (nSPS) is 42.2. The number of rotatable bonds is 3. The minimum absolute atomic E-state index is 0.0806. The number of carbonyl (C=O) groups excluding carboxylic acids is 1. The summed E-state index contributed by atoms with van der Waals surface area (Å²) in [6, 6.07) is 9.81. The summed E-state index contributed by atoms with van der Waals surface area (Å²) < 4.78 is 0. The van der Waals surface area contributed by atoms with Crippen LogP contribution in [0.15, 0.2) is 30.3 Å². The number of aliphatic carboxylic acids is 1. The summed E-state index contributed by atoms with van der Waals surface area (Å²) in [5.41, 5.74) is 1.04. The molecular weight excluding hydrogens is 302 g/mol. The Kier molecular flexibility index (Phi) is 3.07. The molecule has 0 radical (unpaired) electrons. The van der Waals surface area contributed by atoms with Gasteiger partial charge in [-0.05, 0) is 48.5 Å². The van der Waals surface area contributed by atoms with Crippen LogP contribution in [0.3, 0.4) is 0 Å². The maximum Gasteiger partial charge on any atom is 0.308 e. The van der Waals surface area contributed by atoms with Crippen molar-refractivity contribution in [1.82, 2.24) is 4.90 Å². The van der Waals surface area contributed by atoms with E-state index in [-0.39, 0.29) is 17.7 Å². The van der Waals surface area contributed by atoms with Crippen LogP contribution in [-0.4, -0.2) is 35.0 Å². The molecule has 1 aromatic rings. The molecule has 24 heavy (non-hydrogen) atoms. The Balaban J connectivity index is 1.35.